The molecule has 0 saturated heterocycles. The number of fused-ring (bicyclic) bond motifs is 1. The predicted octanol–water partition coefficient (Wildman–Crippen LogP) is 3.38. The van der Waals surface area contributed by atoms with Gasteiger partial charge in [-0.1, -0.05) is 31.2 Å². The summed E-state index contributed by atoms with van der Waals surface area (Å²) in [4.78, 5) is 15.8. The first-order valence-corrected chi connectivity index (χ1v) is 7.69. The molecule has 0 radical (unpaired) electrons. The van der Waals surface area contributed by atoms with Crippen molar-refractivity contribution in [3.63, 3.8) is 0 Å². The first-order chi connectivity index (χ1) is 10.8. The van der Waals surface area contributed by atoms with Gasteiger partial charge in [0.2, 0.25) is 11.6 Å². The quantitative estimate of drug-likeness (QED) is 0.801. The summed E-state index contributed by atoms with van der Waals surface area (Å²) in [5.74, 6) is -5.23. The van der Waals surface area contributed by atoms with E-state index in [2.05, 4.69) is 10.1 Å². The number of carbonyl (C=O) groups excluding carboxylic acids is 1. The van der Waals surface area contributed by atoms with Crippen LogP contribution in [-0.2, 0) is 5.92 Å². The molecule has 0 bridgehead atoms. The first-order valence-electron chi connectivity index (χ1n) is 7.69. The predicted molar refractivity (Wildman–Crippen MR) is 75.9 cm³/mol. The number of aromatic nitrogens is 3. The molecule has 1 aromatic rings. The van der Waals surface area contributed by atoms with E-state index in [1.807, 2.05) is 31.2 Å². The summed E-state index contributed by atoms with van der Waals surface area (Å²) in [5, 5.41) is 4.04. The maximum Gasteiger partial charge on any atom is 0.308 e. The molecule has 0 aromatic carbocycles. The van der Waals surface area contributed by atoms with Gasteiger partial charge in [-0.3, -0.25) is 4.79 Å². The highest BCUT2D eigenvalue weighted by atomic mass is 19.3. The van der Waals surface area contributed by atoms with E-state index in [4.69, 9.17) is 0 Å². The zero-order valence-electron chi connectivity index (χ0n) is 12.5. The summed E-state index contributed by atoms with van der Waals surface area (Å²) < 4.78 is 42.9. The van der Waals surface area contributed by atoms with Crippen LogP contribution in [0.5, 0.6) is 0 Å². The zero-order valence-corrected chi connectivity index (χ0v) is 12.5. The number of hydrogen-bond donors (Lipinski definition) is 0. The molecule has 1 saturated carbocycles. The van der Waals surface area contributed by atoms with Crippen molar-refractivity contribution < 1.29 is 18.0 Å². The normalized spacial score (nSPS) is 37.0. The number of alkyl halides is 3. The SMILES string of the molecule is CC1([C@@H]2CC(F)(F)c3nc(C(=O)[C@@H]4C[C@H]4F)nn32)C=CC=CC1. The Bertz CT molecular complexity index is 739. The minimum Gasteiger partial charge on any atom is -0.290 e. The molecule has 3 aliphatic rings. The lowest BCUT2D eigenvalue weighted by atomic mass is 9.76. The van der Waals surface area contributed by atoms with Crippen LogP contribution in [0.1, 0.15) is 48.7 Å². The van der Waals surface area contributed by atoms with E-state index in [1.165, 1.54) is 4.68 Å². The van der Waals surface area contributed by atoms with Crippen molar-refractivity contribution in [2.24, 2.45) is 11.3 Å². The molecule has 7 heteroatoms. The average Bonchev–Trinajstić information content (AvgIpc) is 2.96. The van der Waals surface area contributed by atoms with Crippen LogP contribution in [0.25, 0.3) is 0 Å². The third kappa shape index (κ3) is 2.16. The van der Waals surface area contributed by atoms with Gasteiger partial charge < -0.3 is 0 Å². The molecular formula is C16H16F3N3O. The van der Waals surface area contributed by atoms with E-state index in [1.54, 1.807) is 0 Å². The van der Waals surface area contributed by atoms with Gasteiger partial charge in [-0.05, 0) is 12.8 Å². The van der Waals surface area contributed by atoms with Crippen molar-refractivity contribution in [1.29, 1.82) is 0 Å². The molecule has 0 N–H and O–H groups in total. The third-order valence-electron chi connectivity index (χ3n) is 5.02. The van der Waals surface area contributed by atoms with Gasteiger partial charge in [0.25, 0.3) is 0 Å². The largest absolute Gasteiger partial charge is 0.308 e. The second-order valence-electron chi connectivity index (χ2n) is 6.85. The van der Waals surface area contributed by atoms with Gasteiger partial charge in [0.15, 0.2) is 5.82 Å². The topological polar surface area (TPSA) is 47.8 Å². The van der Waals surface area contributed by atoms with Crippen LogP contribution in [0.2, 0.25) is 0 Å². The summed E-state index contributed by atoms with van der Waals surface area (Å²) in [6, 6.07) is -0.580. The summed E-state index contributed by atoms with van der Waals surface area (Å²) in [7, 11) is 0. The van der Waals surface area contributed by atoms with Crippen molar-refractivity contribution in [3.05, 3.63) is 36.0 Å². The van der Waals surface area contributed by atoms with Gasteiger partial charge in [-0.15, -0.1) is 5.10 Å². The maximum atomic E-state index is 14.3. The number of nitrogens with zero attached hydrogens (tertiary/aromatic N) is 3. The van der Waals surface area contributed by atoms with Gasteiger partial charge in [0.1, 0.15) is 6.17 Å². The Morgan fingerprint density at radius 3 is 2.74 bits per heavy atom. The van der Waals surface area contributed by atoms with E-state index in [0.717, 1.165) is 0 Å². The van der Waals surface area contributed by atoms with Crippen LogP contribution in [0, 0.1) is 11.3 Å². The van der Waals surface area contributed by atoms with Crippen LogP contribution < -0.4 is 0 Å². The Labute approximate surface area is 131 Å². The molecule has 1 fully saturated rings. The minimum atomic E-state index is -3.13. The minimum absolute atomic E-state index is 0.133. The van der Waals surface area contributed by atoms with Gasteiger partial charge >= 0.3 is 5.92 Å². The van der Waals surface area contributed by atoms with Crippen LogP contribution >= 0.6 is 0 Å². The van der Waals surface area contributed by atoms with Crippen molar-refractivity contribution in [2.75, 3.05) is 0 Å². The molecule has 1 aliphatic heterocycles. The molecule has 0 amide bonds. The Kier molecular flexibility index (Phi) is 2.90. The van der Waals surface area contributed by atoms with E-state index in [9.17, 15) is 18.0 Å². The fourth-order valence-electron chi connectivity index (χ4n) is 3.42. The third-order valence-corrected chi connectivity index (χ3v) is 5.02. The van der Waals surface area contributed by atoms with Gasteiger partial charge in [0.05, 0.1) is 12.0 Å². The highest BCUT2D eigenvalue weighted by Crippen LogP contribution is 2.52. The van der Waals surface area contributed by atoms with Gasteiger partial charge in [0, 0.05) is 11.8 Å². The summed E-state index contributed by atoms with van der Waals surface area (Å²) in [6.07, 6.45) is 6.69. The summed E-state index contributed by atoms with van der Waals surface area (Å²) in [5.41, 5.74) is -0.514. The maximum absolute atomic E-state index is 14.3. The molecule has 0 spiro atoms. The monoisotopic (exact) mass is 323 g/mol. The van der Waals surface area contributed by atoms with E-state index in [-0.39, 0.29) is 18.7 Å². The van der Waals surface area contributed by atoms with E-state index in [0.29, 0.717) is 6.42 Å². The van der Waals surface area contributed by atoms with Crippen molar-refractivity contribution in [1.82, 2.24) is 14.8 Å². The lowest BCUT2D eigenvalue weighted by Gasteiger charge is -2.33. The van der Waals surface area contributed by atoms with Crippen LogP contribution in [0.15, 0.2) is 24.3 Å². The molecule has 4 atom stereocenters. The summed E-state index contributed by atoms with van der Waals surface area (Å²) >= 11 is 0. The fraction of sp³-hybridized carbons (Fsp3) is 0.562. The molecule has 23 heavy (non-hydrogen) atoms. The second-order valence-corrected chi connectivity index (χ2v) is 6.85. The number of ketones is 1. The Balaban J connectivity index is 1.72. The number of allylic oxidation sites excluding steroid dienone is 4. The van der Waals surface area contributed by atoms with Crippen molar-refractivity contribution >= 4 is 5.78 Å². The van der Waals surface area contributed by atoms with Crippen LogP contribution in [-0.4, -0.2) is 26.7 Å². The fourth-order valence-corrected chi connectivity index (χ4v) is 3.42. The average molecular weight is 323 g/mol. The number of hydrogen-bond acceptors (Lipinski definition) is 3. The zero-order chi connectivity index (χ0) is 16.4. The Hall–Kier alpha value is -1.92. The first kappa shape index (κ1) is 14.7. The number of Topliss-reactive ketones (excluding diaryl/α,β-unsaturated/α-hetero) is 1. The van der Waals surface area contributed by atoms with Crippen LogP contribution in [0.4, 0.5) is 13.2 Å². The molecule has 2 heterocycles. The van der Waals surface area contributed by atoms with Gasteiger partial charge in [-0.2, -0.15) is 8.78 Å². The molecule has 4 nitrogen and oxygen atoms in total. The van der Waals surface area contributed by atoms with Crippen LogP contribution in [0.3, 0.4) is 0 Å². The number of halogens is 3. The Morgan fingerprint density at radius 2 is 2.13 bits per heavy atom. The lowest BCUT2D eigenvalue weighted by molar-refractivity contribution is -0.0175. The molecular weight excluding hydrogens is 307 g/mol. The highest BCUT2D eigenvalue weighted by molar-refractivity contribution is 5.96. The van der Waals surface area contributed by atoms with Gasteiger partial charge in [-0.25, -0.2) is 14.1 Å². The van der Waals surface area contributed by atoms with Crippen molar-refractivity contribution in [2.45, 2.75) is 44.3 Å². The standard InChI is InChI=1S/C16H16F3N3O/c1-15(5-3-2-4-6-15)11-8-16(18,19)14-20-13(21-22(11)14)12(23)9-7-10(9)17/h2-5,9-11H,6-8H2,1H3/t9-,10-,11+,15?/m1/s1. The molecule has 2 aliphatic carbocycles. The molecule has 1 unspecified atom stereocenters. The smallest absolute Gasteiger partial charge is 0.290 e. The number of rotatable bonds is 3. The highest BCUT2D eigenvalue weighted by Gasteiger charge is 2.54. The molecule has 4 rings (SSSR count). The van der Waals surface area contributed by atoms with E-state index >= 15 is 0 Å². The molecule has 122 valence electrons. The second kappa shape index (κ2) is 4.55. The number of carbonyl (C=O) groups is 1. The Morgan fingerprint density at radius 1 is 1.39 bits per heavy atom. The molecule has 1 aromatic heterocycles. The van der Waals surface area contributed by atoms with Crippen molar-refractivity contribution in [3.8, 4) is 0 Å². The van der Waals surface area contributed by atoms with E-state index < -0.39 is 41.1 Å². The summed E-state index contributed by atoms with van der Waals surface area (Å²) in [6.45, 7) is 1.89. The lowest BCUT2D eigenvalue weighted by Crippen LogP contribution is -2.28.